The fourth-order valence-electron chi connectivity index (χ4n) is 2.33. The van der Waals surface area contributed by atoms with E-state index < -0.39 is 0 Å². The van der Waals surface area contributed by atoms with Gasteiger partial charge in [0.2, 0.25) is 0 Å². The van der Waals surface area contributed by atoms with E-state index in [4.69, 9.17) is 15.9 Å². The zero-order chi connectivity index (χ0) is 16.9. The summed E-state index contributed by atoms with van der Waals surface area (Å²) in [6, 6.07) is 13.1. The van der Waals surface area contributed by atoms with Crippen LogP contribution in [0.5, 0.6) is 5.75 Å². The number of benzene rings is 1. The van der Waals surface area contributed by atoms with Gasteiger partial charge >= 0.3 is 0 Å². The lowest BCUT2D eigenvalue weighted by Gasteiger charge is -2.15. The molecule has 0 amide bonds. The molecule has 0 bridgehead atoms. The van der Waals surface area contributed by atoms with E-state index >= 15 is 0 Å². The Bertz CT molecular complexity index is 835. The largest absolute Gasteiger partial charge is 0.497 e. The van der Waals surface area contributed by atoms with Crippen molar-refractivity contribution in [2.45, 2.75) is 0 Å². The molecule has 1 aromatic heterocycles. The molecule has 1 aliphatic rings. The number of hydrogen-bond donors (Lipinski definition) is 3. The Morgan fingerprint density at radius 3 is 2.50 bits per heavy atom. The Kier molecular flexibility index (Phi) is 4.38. The van der Waals surface area contributed by atoms with Crippen LogP contribution in [0, 0.1) is 5.41 Å². The van der Waals surface area contributed by atoms with E-state index in [1.165, 1.54) is 0 Å². The number of aliphatic imine (C=N–C) groups is 1. The highest BCUT2D eigenvalue weighted by molar-refractivity contribution is 6.21. The number of nitrogens with two attached hydrogens (primary N) is 1. The van der Waals surface area contributed by atoms with Crippen LogP contribution in [0.2, 0.25) is 0 Å². The molecule has 0 saturated carbocycles. The maximum absolute atomic E-state index is 7.82. The Hall–Kier alpha value is -3.41. The van der Waals surface area contributed by atoms with Crippen molar-refractivity contribution in [3.8, 4) is 5.75 Å². The molecule has 3 rings (SSSR count). The molecule has 120 valence electrons. The summed E-state index contributed by atoms with van der Waals surface area (Å²) in [5.41, 5.74) is 8.72. The quantitative estimate of drug-likeness (QED) is 0.595. The summed E-state index contributed by atoms with van der Waals surface area (Å²) in [4.78, 5) is 8.66. The summed E-state index contributed by atoms with van der Waals surface area (Å²) in [6.45, 7) is 0. The van der Waals surface area contributed by atoms with Crippen LogP contribution in [0.15, 0.2) is 65.7 Å². The second kappa shape index (κ2) is 6.78. The highest BCUT2D eigenvalue weighted by atomic mass is 16.5. The molecule has 0 fully saturated rings. The number of rotatable bonds is 4. The van der Waals surface area contributed by atoms with Gasteiger partial charge in [0.1, 0.15) is 17.4 Å². The van der Waals surface area contributed by atoms with Crippen molar-refractivity contribution >= 4 is 23.2 Å². The van der Waals surface area contributed by atoms with Gasteiger partial charge in [-0.3, -0.25) is 10.4 Å². The Morgan fingerprint density at radius 2 is 1.96 bits per heavy atom. The first-order valence-corrected chi connectivity index (χ1v) is 7.34. The van der Waals surface area contributed by atoms with E-state index in [-0.39, 0.29) is 5.84 Å². The SMILES string of the molecule is COc1ccc(C2=CN/C(=C(/C(=N)N)c3ccccn3)N=C2)cc1. The van der Waals surface area contributed by atoms with Gasteiger partial charge in [0.15, 0.2) is 0 Å². The third kappa shape index (κ3) is 3.17. The standard InChI is InChI=1S/C18H17N5O/c1-24-14-7-5-12(6-8-14)13-10-22-18(23-11-13)16(17(19)20)15-4-2-3-9-21-15/h2-11,22H,1H3,(H3,19,20)/b18-16-. The minimum absolute atomic E-state index is 0.0883. The highest BCUT2D eigenvalue weighted by Gasteiger charge is 2.15. The summed E-state index contributed by atoms with van der Waals surface area (Å²) in [5, 5.41) is 10.9. The molecule has 6 nitrogen and oxygen atoms in total. The number of amidine groups is 1. The molecule has 1 aromatic carbocycles. The molecule has 0 radical (unpaired) electrons. The molecular formula is C18H17N5O. The number of hydrogen-bond acceptors (Lipinski definition) is 5. The Labute approximate surface area is 139 Å². The van der Waals surface area contributed by atoms with Gasteiger partial charge in [0.25, 0.3) is 0 Å². The van der Waals surface area contributed by atoms with Gasteiger partial charge in [-0.25, -0.2) is 4.99 Å². The van der Waals surface area contributed by atoms with Gasteiger partial charge < -0.3 is 15.8 Å². The number of nitrogens with one attached hydrogen (secondary N) is 2. The van der Waals surface area contributed by atoms with Crippen molar-refractivity contribution < 1.29 is 4.74 Å². The van der Waals surface area contributed by atoms with Crippen LogP contribution in [0.4, 0.5) is 0 Å². The van der Waals surface area contributed by atoms with E-state index in [1.54, 1.807) is 25.6 Å². The maximum Gasteiger partial charge on any atom is 0.143 e. The monoisotopic (exact) mass is 319 g/mol. The number of pyridine rings is 1. The number of methoxy groups -OCH3 is 1. The van der Waals surface area contributed by atoms with E-state index in [9.17, 15) is 0 Å². The van der Waals surface area contributed by atoms with Gasteiger partial charge in [-0.2, -0.15) is 0 Å². The number of aromatic nitrogens is 1. The van der Waals surface area contributed by atoms with Crippen LogP contribution < -0.4 is 15.8 Å². The molecule has 0 aliphatic carbocycles. The van der Waals surface area contributed by atoms with Crippen molar-refractivity contribution in [3.05, 3.63) is 71.9 Å². The lowest BCUT2D eigenvalue weighted by Crippen LogP contribution is -2.20. The minimum atomic E-state index is -0.0883. The number of allylic oxidation sites excluding steroid dienone is 1. The highest BCUT2D eigenvalue weighted by Crippen LogP contribution is 2.22. The fourth-order valence-corrected chi connectivity index (χ4v) is 2.33. The normalized spacial score (nSPS) is 15.3. The predicted molar refractivity (Wildman–Crippen MR) is 95.7 cm³/mol. The van der Waals surface area contributed by atoms with Crippen LogP contribution in [0.25, 0.3) is 11.1 Å². The Balaban J connectivity index is 1.90. The van der Waals surface area contributed by atoms with Crippen molar-refractivity contribution in [3.63, 3.8) is 0 Å². The first-order valence-electron chi connectivity index (χ1n) is 7.34. The molecular weight excluding hydrogens is 302 g/mol. The second-order valence-electron chi connectivity index (χ2n) is 5.08. The summed E-state index contributed by atoms with van der Waals surface area (Å²) < 4.78 is 5.16. The smallest absolute Gasteiger partial charge is 0.143 e. The number of nitrogens with zero attached hydrogens (tertiary/aromatic N) is 2. The van der Waals surface area contributed by atoms with Crippen LogP contribution in [-0.2, 0) is 0 Å². The zero-order valence-corrected chi connectivity index (χ0v) is 13.2. The Morgan fingerprint density at radius 1 is 1.17 bits per heavy atom. The van der Waals surface area contributed by atoms with Gasteiger partial charge in [0.05, 0.1) is 18.4 Å². The maximum atomic E-state index is 7.82. The average Bonchev–Trinajstić information content (AvgIpc) is 2.63. The lowest BCUT2D eigenvalue weighted by molar-refractivity contribution is 0.415. The van der Waals surface area contributed by atoms with Crippen LogP contribution in [0.3, 0.4) is 0 Å². The van der Waals surface area contributed by atoms with Crippen molar-refractivity contribution in [2.24, 2.45) is 10.7 Å². The molecule has 4 N–H and O–H groups in total. The molecule has 6 heteroatoms. The third-order valence-electron chi connectivity index (χ3n) is 3.55. The molecule has 2 aromatic rings. The van der Waals surface area contributed by atoms with Gasteiger partial charge in [-0.1, -0.05) is 18.2 Å². The lowest BCUT2D eigenvalue weighted by atomic mass is 10.1. The minimum Gasteiger partial charge on any atom is -0.497 e. The zero-order valence-electron chi connectivity index (χ0n) is 13.2. The van der Waals surface area contributed by atoms with Crippen molar-refractivity contribution in [1.29, 1.82) is 5.41 Å². The molecule has 0 saturated heterocycles. The summed E-state index contributed by atoms with van der Waals surface area (Å²) in [6.07, 6.45) is 5.22. The average molecular weight is 319 g/mol. The van der Waals surface area contributed by atoms with Crippen molar-refractivity contribution in [1.82, 2.24) is 10.3 Å². The van der Waals surface area contributed by atoms with E-state index in [2.05, 4.69) is 15.3 Å². The molecule has 0 unspecified atom stereocenters. The van der Waals surface area contributed by atoms with Crippen LogP contribution >= 0.6 is 0 Å². The summed E-state index contributed by atoms with van der Waals surface area (Å²) in [5.74, 6) is 1.21. The van der Waals surface area contributed by atoms with Gasteiger partial charge in [-0.15, -0.1) is 0 Å². The molecule has 24 heavy (non-hydrogen) atoms. The van der Waals surface area contributed by atoms with Crippen LogP contribution in [-0.4, -0.2) is 24.1 Å². The predicted octanol–water partition coefficient (Wildman–Crippen LogP) is 2.41. The van der Waals surface area contributed by atoms with Crippen molar-refractivity contribution in [2.75, 3.05) is 7.11 Å². The van der Waals surface area contributed by atoms with Crippen LogP contribution in [0.1, 0.15) is 11.3 Å². The van der Waals surface area contributed by atoms with Gasteiger partial charge in [-0.05, 0) is 29.8 Å². The third-order valence-corrected chi connectivity index (χ3v) is 3.55. The van der Waals surface area contributed by atoms with Gasteiger partial charge in [0, 0.05) is 24.2 Å². The van der Waals surface area contributed by atoms with E-state index in [0.29, 0.717) is 17.1 Å². The van der Waals surface area contributed by atoms with E-state index in [1.807, 2.05) is 42.6 Å². The first kappa shape index (κ1) is 15.5. The molecule has 1 aliphatic heterocycles. The first-order chi connectivity index (χ1) is 11.7. The van der Waals surface area contributed by atoms with E-state index in [0.717, 1.165) is 16.9 Å². The number of ether oxygens (including phenoxy) is 1. The second-order valence-corrected chi connectivity index (χ2v) is 5.08. The fraction of sp³-hybridized carbons (Fsp3) is 0.0556. The topological polar surface area (TPSA) is 96.4 Å². The molecule has 0 atom stereocenters. The molecule has 0 spiro atoms. The summed E-state index contributed by atoms with van der Waals surface area (Å²) in [7, 11) is 1.63. The molecule has 2 heterocycles. The summed E-state index contributed by atoms with van der Waals surface area (Å²) >= 11 is 0.